The van der Waals surface area contributed by atoms with Crippen LogP contribution in [0.5, 0.6) is 0 Å². The SMILES string of the molecule is C[C]1[C-][C](C)[C](C)[C]1C.C[C]1[C](C)[C](C)[C](C)[C]1C.[CH3][Ga][CH3].[Rh]. The normalized spacial score (nSPS) is 24.0. The summed E-state index contributed by atoms with van der Waals surface area (Å²) in [6.45, 7) is 19.5. The Morgan fingerprint density at radius 2 is 0.652 bits per heavy atom. The molecule has 23 heavy (non-hydrogen) atoms. The van der Waals surface area contributed by atoms with Gasteiger partial charge in [0.1, 0.15) is 0 Å². The van der Waals surface area contributed by atoms with Crippen molar-refractivity contribution in [2.45, 2.75) is 73.3 Å². The Morgan fingerprint density at radius 1 is 0.478 bits per heavy atom. The molecule has 0 aromatic rings. The predicted octanol–water partition coefficient (Wildman–Crippen LogP) is 6.22. The molecule has 2 aliphatic carbocycles. The average Bonchev–Trinajstić information content (AvgIpc) is 2.79. The van der Waals surface area contributed by atoms with E-state index in [2.05, 4.69) is 79.7 Å². The Morgan fingerprint density at radius 3 is 0.739 bits per heavy atom. The van der Waals surface area contributed by atoms with Crippen LogP contribution >= 0.6 is 0 Å². The van der Waals surface area contributed by atoms with Gasteiger partial charge >= 0.3 is 28.4 Å². The molecular weight excluding hydrogens is 425 g/mol. The third-order valence-electron chi connectivity index (χ3n) is 4.88. The van der Waals surface area contributed by atoms with E-state index in [-0.39, 0.29) is 19.5 Å². The molecule has 2 aliphatic rings. The number of rotatable bonds is 0. The molecule has 2 rings (SSSR count). The van der Waals surface area contributed by atoms with Gasteiger partial charge in [-0.15, -0.1) is 0 Å². The summed E-state index contributed by atoms with van der Waals surface area (Å²) < 4.78 is 0. The monoisotopic (exact) mass is 457 g/mol. The Bertz CT molecular complexity index is 237. The molecule has 0 saturated heterocycles. The Balaban J connectivity index is 0. The molecule has 0 atom stereocenters. The molecule has 0 heterocycles. The first kappa shape index (κ1) is 26.5. The van der Waals surface area contributed by atoms with Crippen molar-refractivity contribution in [3.8, 4) is 0 Å². The van der Waals surface area contributed by atoms with Gasteiger partial charge in [-0.25, -0.2) is 0 Å². The summed E-state index contributed by atoms with van der Waals surface area (Å²) in [5.41, 5.74) is 4.56. The fraction of sp³-hybridized carbons (Fsp3) is 0.524. The number of hydrogen-bond donors (Lipinski definition) is 0. The van der Waals surface area contributed by atoms with Crippen LogP contribution in [0.15, 0.2) is 0 Å². The zero-order valence-corrected chi connectivity index (χ0v) is 21.0. The standard InChI is InChI=1S/C10H15.C9H12.2CH3.Ga.Rh/c1-6-7(2)9(4)10(5)8(6)3;1-6-5-7(2)9(4)8(6)3;;;;/h1-5H3;1-4H3;2*1H3;;/q;-1;;;;. The van der Waals surface area contributed by atoms with Gasteiger partial charge in [-0.1, -0.05) is 74.1 Å². The summed E-state index contributed by atoms with van der Waals surface area (Å²) >= 11 is 0.312. The van der Waals surface area contributed by atoms with Crippen molar-refractivity contribution in [1.29, 1.82) is 0 Å². The van der Waals surface area contributed by atoms with Gasteiger partial charge in [0.15, 0.2) is 0 Å². The molecular formula is C21H33GaRh-. The minimum atomic E-state index is 0. The van der Waals surface area contributed by atoms with E-state index in [1.54, 1.807) is 0 Å². The second-order valence-electron chi connectivity index (χ2n) is 6.33. The minimum absolute atomic E-state index is 0. The van der Waals surface area contributed by atoms with E-state index >= 15 is 0 Å². The third-order valence-corrected chi connectivity index (χ3v) is 4.88. The van der Waals surface area contributed by atoms with Crippen molar-refractivity contribution in [1.82, 2.24) is 0 Å². The van der Waals surface area contributed by atoms with Gasteiger partial charge in [0.05, 0.1) is 0 Å². The molecule has 0 unspecified atom stereocenters. The molecule has 130 valence electrons. The van der Waals surface area contributed by atoms with E-state index in [1.165, 1.54) is 53.3 Å². The van der Waals surface area contributed by atoms with Gasteiger partial charge in [0, 0.05) is 19.5 Å². The summed E-state index contributed by atoms with van der Waals surface area (Å²) in [5.74, 6) is 12.7. The van der Waals surface area contributed by atoms with Gasteiger partial charge in [0.25, 0.3) is 0 Å². The maximum atomic E-state index is 3.28. The van der Waals surface area contributed by atoms with E-state index in [1.807, 2.05) is 0 Å². The summed E-state index contributed by atoms with van der Waals surface area (Å²) in [5, 5.41) is 0. The molecule has 0 aromatic carbocycles. The van der Waals surface area contributed by atoms with E-state index in [0.717, 1.165) is 0 Å². The molecule has 0 bridgehead atoms. The van der Waals surface area contributed by atoms with Gasteiger partial charge in [-0.05, 0) is 29.6 Å². The summed E-state index contributed by atoms with van der Waals surface area (Å²) in [6.07, 6.45) is 3.28. The van der Waals surface area contributed by atoms with Gasteiger partial charge < -0.3 is 6.42 Å². The molecule has 12 radical (unpaired) electrons. The van der Waals surface area contributed by atoms with Crippen LogP contribution in [0, 0.1) is 59.7 Å². The van der Waals surface area contributed by atoms with E-state index in [4.69, 9.17) is 0 Å². The van der Waals surface area contributed by atoms with Gasteiger partial charge in [0.2, 0.25) is 0 Å². The van der Waals surface area contributed by atoms with Crippen molar-refractivity contribution >= 4 is 17.4 Å². The average molecular weight is 458 g/mol. The topological polar surface area (TPSA) is 0 Å². The number of hydrogen-bond acceptors (Lipinski definition) is 0. The van der Waals surface area contributed by atoms with Crippen LogP contribution in [0.2, 0.25) is 11.0 Å². The van der Waals surface area contributed by atoms with Crippen LogP contribution < -0.4 is 0 Å². The summed E-state index contributed by atoms with van der Waals surface area (Å²) in [4.78, 5) is 0. The second kappa shape index (κ2) is 12.6. The van der Waals surface area contributed by atoms with Crippen molar-refractivity contribution in [2.24, 2.45) is 0 Å². The van der Waals surface area contributed by atoms with Crippen molar-refractivity contribution < 1.29 is 19.5 Å². The van der Waals surface area contributed by atoms with E-state index in [9.17, 15) is 0 Å². The van der Waals surface area contributed by atoms with Crippen molar-refractivity contribution in [3.05, 3.63) is 59.7 Å². The Labute approximate surface area is 169 Å². The van der Waals surface area contributed by atoms with Crippen LogP contribution in [0.1, 0.15) is 62.3 Å². The van der Waals surface area contributed by atoms with Gasteiger partial charge in [-0.2, -0.15) is 11.8 Å². The van der Waals surface area contributed by atoms with E-state index in [0.29, 0.717) is 17.4 Å². The zero-order chi connectivity index (χ0) is 17.6. The largest absolute Gasteiger partial charge is 0 e. The van der Waals surface area contributed by atoms with Crippen LogP contribution in [0.3, 0.4) is 0 Å². The third kappa shape index (κ3) is 7.57. The van der Waals surface area contributed by atoms with Gasteiger partial charge in [-0.3, -0.25) is 0 Å². The fourth-order valence-corrected chi connectivity index (χ4v) is 2.44. The molecule has 0 spiro atoms. The summed E-state index contributed by atoms with van der Waals surface area (Å²) in [6, 6.07) is 0. The van der Waals surface area contributed by atoms with Crippen LogP contribution in [0.4, 0.5) is 0 Å². The maximum Gasteiger partial charge on any atom is 0 e. The Hall–Kier alpha value is 1.26. The molecule has 0 nitrogen and oxygen atoms in total. The fourth-order valence-electron chi connectivity index (χ4n) is 2.44. The Kier molecular flexibility index (Phi) is 14.5. The molecule has 0 aromatic heterocycles. The van der Waals surface area contributed by atoms with Crippen LogP contribution in [0.25, 0.3) is 0 Å². The predicted molar refractivity (Wildman–Crippen MR) is 101 cm³/mol. The molecule has 2 fully saturated rings. The minimum Gasteiger partial charge on any atom is 0 e. The van der Waals surface area contributed by atoms with E-state index < -0.39 is 0 Å². The van der Waals surface area contributed by atoms with Crippen molar-refractivity contribution in [2.75, 3.05) is 0 Å². The zero-order valence-electron chi connectivity index (χ0n) is 16.9. The van der Waals surface area contributed by atoms with Crippen molar-refractivity contribution in [3.63, 3.8) is 0 Å². The quantitative estimate of drug-likeness (QED) is 0.299. The van der Waals surface area contributed by atoms with Crippen LogP contribution in [-0.2, 0) is 19.5 Å². The molecule has 2 heteroatoms. The van der Waals surface area contributed by atoms with Crippen LogP contribution in [-0.4, -0.2) is 17.4 Å². The maximum absolute atomic E-state index is 3.28. The summed E-state index contributed by atoms with van der Waals surface area (Å²) in [7, 11) is 0. The second-order valence-corrected chi connectivity index (χ2v) is 8.75. The first-order chi connectivity index (χ1) is 10.1. The molecule has 2 saturated carbocycles. The first-order valence-electron chi connectivity index (χ1n) is 8.15. The first-order valence-corrected chi connectivity index (χ1v) is 13.0. The molecule has 0 amide bonds. The molecule has 0 N–H and O–H groups in total. The smallest absolute Gasteiger partial charge is 0 e. The molecule has 0 aliphatic heterocycles.